The van der Waals surface area contributed by atoms with Crippen LogP contribution in [0.25, 0.3) is 21.6 Å². The molecule has 0 spiro atoms. The maximum absolute atomic E-state index is 13.4. The summed E-state index contributed by atoms with van der Waals surface area (Å²) in [6, 6.07) is 9.83. The molecule has 0 atom stereocenters. The molecule has 2 aromatic carbocycles. The van der Waals surface area contributed by atoms with E-state index in [1.54, 1.807) is 6.92 Å². The summed E-state index contributed by atoms with van der Waals surface area (Å²) in [5.74, 6) is -1.68. The van der Waals surface area contributed by atoms with Crippen molar-refractivity contribution >= 4 is 38.9 Å². The molecule has 0 aliphatic carbocycles. The molecule has 0 unspecified atom stereocenters. The predicted octanol–water partition coefficient (Wildman–Crippen LogP) is 4.53. The number of primary sulfonamides is 1. The third-order valence-electron chi connectivity index (χ3n) is 3.99. The van der Waals surface area contributed by atoms with Gasteiger partial charge in [0, 0.05) is 10.4 Å². The molecule has 0 saturated carbocycles. The van der Waals surface area contributed by atoms with Crippen molar-refractivity contribution in [3.05, 3.63) is 63.7 Å². The number of thiophene rings is 1. The first-order valence-corrected chi connectivity index (χ1v) is 10.3. The van der Waals surface area contributed by atoms with E-state index in [1.807, 2.05) is 0 Å². The van der Waals surface area contributed by atoms with Gasteiger partial charge in [0.05, 0.1) is 9.92 Å². The normalized spacial score (nSPS) is 11.6. The largest absolute Gasteiger partial charge is 0.477 e. The van der Waals surface area contributed by atoms with Crippen molar-refractivity contribution in [1.82, 2.24) is 0 Å². The number of benzene rings is 2. The lowest BCUT2D eigenvalue weighted by Gasteiger charge is -2.06. The van der Waals surface area contributed by atoms with Gasteiger partial charge in [-0.05, 0) is 47.9 Å². The van der Waals surface area contributed by atoms with E-state index in [0.29, 0.717) is 27.1 Å². The van der Waals surface area contributed by atoms with Gasteiger partial charge in [-0.15, -0.1) is 11.3 Å². The van der Waals surface area contributed by atoms with Crippen LogP contribution in [0.3, 0.4) is 0 Å². The highest BCUT2D eigenvalue weighted by molar-refractivity contribution is 7.89. The number of carboxylic acid groups (broad SMARTS) is 1. The molecule has 9 heteroatoms. The van der Waals surface area contributed by atoms with Crippen LogP contribution in [0.2, 0.25) is 5.02 Å². The quantitative estimate of drug-likeness (QED) is 0.641. The summed E-state index contributed by atoms with van der Waals surface area (Å²) < 4.78 is 36.3. The Morgan fingerprint density at radius 1 is 1.15 bits per heavy atom. The van der Waals surface area contributed by atoms with Crippen LogP contribution in [-0.2, 0) is 10.0 Å². The van der Waals surface area contributed by atoms with E-state index in [4.69, 9.17) is 16.7 Å². The smallest absolute Gasteiger partial charge is 0.346 e. The lowest BCUT2D eigenvalue weighted by atomic mass is 9.99. The molecular weight excluding hydrogens is 413 g/mol. The number of halogens is 2. The average molecular weight is 426 g/mol. The summed E-state index contributed by atoms with van der Waals surface area (Å²) in [6.07, 6.45) is 0. The van der Waals surface area contributed by atoms with Gasteiger partial charge in [0.25, 0.3) is 0 Å². The molecule has 27 heavy (non-hydrogen) atoms. The van der Waals surface area contributed by atoms with E-state index < -0.39 is 21.8 Å². The summed E-state index contributed by atoms with van der Waals surface area (Å²) in [7, 11) is -3.85. The second kappa shape index (κ2) is 7.05. The maximum Gasteiger partial charge on any atom is 0.346 e. The summed E-state index contributed by atoms with van der Waals surface area (Å²) in [4.78, 5) is 12.4. The van der Waals surface area contributed by atoms with Crippen molar-refractivity contribution < 1.29 is 22.7 Å². The van der Waals surface area contributed by atoms with Crippen LogP contribution >= 0.6 is 22.9 Å². The summed E-state index contributed by atoms with van der Waals surface area (Å²) in [6.45, 7) is 1.75. The zero-order valence-corrected chi connectivity index (χ0v) is 16.3. The van der Waals surface area contributed by atoms with E-state index >= 15 is 0 Å². The Labute approximate surface area is 163 Å². The van der Waals surface area contributed by atoms with Crippen LogP contribution in [0, 0.1) is 12.7 Å². The molecule has 0 bridgehead atoms. The summed E-state index contributed by atoms with van der Waals surface area (Å²) in [5.41, 5.74) is 2.26. The predicted molar refractivity (Wildman–Crippen MR) is 103 cm³/mol. The summed E-state index contributed by atoms with van der Waals surface area (Å²) in [5, 5.41) is 14.6. The molecule has 3 rings (SSSR count). The second-order valence-electron chi connectivity index (χ2n) is 5.76. The Kier molecular flexibility index (Phi) is 5.09. The molecule has 1 aromatic heterocycles. The van der Waals surface area contributed by atoms with Gasteiger partial charge in [-0.3, -0.25) is 0 Å². The Morgan fingerprint density at radius 3 is 2.26 bits per heavy atom. The van der Waals surface area contributed by atoms with Gasteiger partial charge < -0.3 is 5.11 Å². The highest BCUT2D eigenvalue weighted by Crippen LogP contribution is 2.42. The number of hydrogen-bond acceptors (Lipinski definition) is 4. The van der Waals surface area contributed by atoms with Crippen LogP contribution in [0.15, 0.2) is 47.4 Å². The number of nitrogens with two attached hydrogens (primary N) is 1. The molecule has 0 radical (unpaired) electrons. The molecule has 0 saturated heterocycles. The van der Waals surface area contributed by atoms with Crippen LogP contribution in [0.1, 0.15) is 15.2 Å². The van der Waals surface area contributed by atoms with Gasteiger partial charge in [0.2, 0.25) is 10.0 Å². The number of hydrogen-bond donors (Lipinski definition) is 2. The van der Waals surface area contributed by atoms with Crippen LogP contribution in [0.5, 0.6) is 0 Å². The molecule has 140 valence electrons. The van der Waals surface area contributed by atoms with Gasteiger partial charge in [-0.2, -0.15) is 0 Å². The lowest BCUT2D eigenvalue weighted by Crippen LogP contribution is -2.11. The van der Waals surface area contributed by atoms with Crippen LogP contribution in [0.4, 0.5) is 4.39 Å². The third kappa shape index (κ3) is 3.74. The molecule has 5 nitrogen and oxygen atoms in total. The maximum atomic E-state index is 13.4. The molecule has 0 amide bonds. The van der Waals surface area contributed by atoms with Crippen LogP contribution in [-0.4, -0.2) is 19.5 Å². The van der Waals surface area contributed by atoms with Gasteiger partial charge in [-0.25, -0.2) is 22.7 Å². The number of aromatic carboxylic acids is 1. The molecular formula is C18H13ClFNO4S2. The van der Waals surface area contributed by atoms with Crippen molar-refractivity contribution in [3.63, 3.8) is 0 Å². The standard InChI is InChI=1S/C18H13ClFNO4S2/c1-9-15(10-2-5-12(6-3-10)27(21,24)25)17(18(22)23)26-16(9)11-4-7-14(20)13(19)8-11/h2-8H,1H3,(H,22,23)(H2,21,24,25). The zero-order valence-electron chi connectivity index (χ0n) is 13.9. The highest BCUT2D eigenvalue weighted by Gasteiger charge is 2.23. The third-order valence-corrected chi connectivity index (χ3v) is 6.54. The topological polar surface area (TPSA) is 97.5 Å². The fourth-order valence-electron chi connectivity index (χ4n) is 2.74. The second-order valence-corrected chi connectivity index (χ2v) is 8.75. The number of carbonyl (C=O) groups is 1. The Morgan fingerprint density at radius 2 is 1.74 bits per heavy atom. The number of carboxylic acids is 1. The van der Waals surface area contributed by atoms with E-state index in [2.05, 4.69) is 0 Å². The van der Waals surface area contributed by atoms with Gasteiger partial charge in [-0.1, -0.05) is 29.8 Å². The molecule has 3 N–H and O–H groups in total. The fourth-order valence-corrected chi connectivity index (χ4v) is 4.60. The Balaban J connectivity index is 2.19. The first kappa shape index (κ1) is 19.5. The summed E-state index contributed by atoms with van der Waals surface area (Å²) >= 11 is 6.89. The van der Waals surface area contributed by atoms with Crippen LogP contribution < -0.4 is 5.14 Å². The first-order chi connectivity index (χ1) is 12.6. The minimum absolute atomic E-state index is 0.0590. The Bertz CT molecular complexity index is 1150. The van der Waals surface area contributed by atoms with E-state index in [9.17, 15) is 22.7 Å². The molecule has 0 fully saturated rings. The average Bonchev–Trinajstić information content (AvgIpc) is 2.94. The van der Waals surface area contributed by atoms with Gasteiger partial charge in [0.1, 0.15) is 10.7 Å². The monoisotopic (exact) mass is 425 g/mol. The van der Waals surface area contributed by atoms with Gasteiger partial charge in [0.15, 0.2) is 0 Å². The van der Waals surface area contributed by atoms with Crippen molar-refractivity contribution in [2.24, 2.45) is 5.14 Å². The number of sulfonamides is 1. The highest BCUT2D eigenvalue weighted by atomic mass is 35.5. The number of rotatable bonds is 4. The van der Waals surface area contributed by atoms with E-state index in [1.165, 1.54) is 42.5 Å². The minimum atomic E-state index is -3.85. The van der Waals surface area contributed by atoms with Crippen molar-refractivity contribution in [2.75, 3.05) is 0 Å². The molecule has 0 aliphatic rings. The van der Waals surface area contributed by atoms with Crippen molar-refractivity contribution in [1.29, 1.82) is 0 Å². The minimum Gasteiger partial charge on any atom is -0.477 e. The molecule has 1 heterocycles. The van der Waals surface area contributed by atoms with E-state index in [0.717, 1.165) is 11.3 Å². The lowest BCUT2D eigenvalue weighted by molar-refractivity contribution is 0.0703. The van der Waals surface area contributed by atoms with E-state index in [-0.39, 0.29) is 14.8 Å². The first-order valence-electron chi connectivity index (χ1n) is 7.55. The zero-order chi connectivity index (χ0) is 19.9. The van der Waals surface area contributed by atoms with Crippen molar-refractivity contribution in [2.45, 2.75) is 11.8 Å². The SMILES string of the molecule is Cc1c(-c2ccc(F)c(Cl)c2)sc(C(=O)O)c1-c1ccc(S(N)(=O)=O)cc1. The molecule has 0 aliphatic heterocycles. The fraction of sp³-hybridized carbons (Fsp3) is 0.0556. The Hall–Kier alpha value is -2.26. The molecule has 3 aromatic rings. The van der Waals surface area contributed by atoms with Crippen molar-refractivity contribution in [3.8, 4) is 21.6 Å². The van der Waals surface area contributed by atoms with Gasteiger partial charge >= 0.3 is 5.97 Å².